The van der Waals surface area contributed by atoms with E-state index in [-0.39, 0.29) is 0 Å². The van der Waals surface area contributed by atoms with E-state index >= 15 is 0 Å². The van der Waals surface area contributed by atoms with Gasteiger partial charge in [-0.25, -0.2) is 0 Å². The first-order valence-electron chi connectivity index (χ1n) is 6.31. The average Bonchev–Trinajstić information content (AvgIpc) is 2.25. The van der Waals surface area contributed by atoms with Gasteiger partial charge in [0.05, 0.1) is 0 Å². The molecule has 2 unspecified atom stereocenters. The molecule has 15 heavy (non-hydrogen) atoms. The van der Waals surface area contributed by atoms with Crippen molar-refractivity contribution in [3.8, 4) is 0 Å². The average molecular weight is 202 g/mol. The van der Waals surface area contributed by atoms with Crippen molar-refractivity contribution in [1.29, 1.82) is 0 Å². The molecule has 1 aromatic rings. The summed E-state index contributed by atoms with van der Waals surface area (Å²) < 4.78 is 0. The van der Waals surface area contributed by atoms with Crippen LogP contribution in [0, 0.1) is 18.8 Å². The highest BCUT2D eigenvalue weighted by molar-refractivity contribution is 5.21. The molecule has 0 N–H and O–H groups in total. The summed E-state index contributed by atoms with van der Waals surface area (Å²) in [5, 5.41) is 0. The number of rotatable bonds is 2. The van der Waals surface area contributed by atoms with Gasteiger partial charge in [-0.2, -0.15) is 0 Å². The first kappa shape index (κ1) is 10.7. The maximum absolute atomic E-state index is 2.43. The number of benzene rings is 1. The van der Waals surface area contributed by atoms with Crippen molar-refractivity contribution in [2.24, 2.45) is 11.8 Å². The third kappa shape index (κ3) is 2.84. The molecule has 0 nitrogen and oxygen atoms in total. The van der Waals surface area contributed by atoms with Gasteiger partial charge in [-0.3, -0.25) is 0 Å². The van der Waals surface area contributed by atoms with Gasteiger partial charge in [0.1, 0.15) is 0 Å². The molecule has 1 saturated carbocycles. The summed E-state index contributed by atoms with van der Waals surface area (Å²) in [6, 6.07) is 9.08. The Bertz CT molecular complexity index is 296. The second-order valence-corrected chi connectivity index (χ2v) is 5.21. The van der Waals surface area contributed by atoms with Crippen LogP contribution in [0.15, 0.2) is 24.3 Å². The van der Waals surface area contributed by atoms with Crippen molar-refractivity contribution in [2.75, 3.05) is 0 Å². The molecule has 1 aromatic carbocycles. The van der Waals surface area contributed by atoms with Crippen molar-refractivity contribution in [3.63, 3.8) is 0 Å². The SMILES string of the molecule is Cc1ccc(CC2CCCCC2C)cc1. The van der Waals surface area contributed by atoms with Crippen molar-refractivity contribution < 1.29 is 0 Å². The van der Waals surface area contributed by atoms with E-state index < -0.39 is 0 Å². The van der Waals surface area contributed by atoms with Crippen molar-refractivity contribution in [2.45, 2.75) is 46.0 Å². The normalized spacial score (nSPS) is 26.5. The quantitative estimate of drug-likeness (QED) is 0.668. The van der Waals surface area contributed by atoms with E-state index in [2.05, 4.69) is 38.1 Å². The van der Waals surface area contributed by atoms with Gasteiger partial charge >= 0.3 is 0 Å². The van der Waals surface area contributed by atoms with Gasteiger partial charge in [0.2, 0.25) is 0 Å². The summed E-state index contributed by atoms with van der Waals surface area (Å²) in [7, 11) is 0. The fourth-order valence-corrected chi connectivity index (χ4v) is 2.72. The molecule has 0 aromatic heterocycles. The maximum Gasteiger partial charge on any atom is -0.0248 e. The number of hydrogen-bond donors (Lipinski definition) is 0. The van der Waals surface area contributed by atoms with Crippen LogP contribution in [0.1, 0.15) is 43.7 Å². The summed E-state index contributed by atoms with van der Waals surface area (Å²) in [5.74, 6) is 1.86. The highest BCUT2D eigenvalue weighted by atomic mass is 14.3. The zero-order valence-electron chi connectivity index (χ0n) is 10.00. The second-order valence-electron chi connectivity index (χ2n) is 5.21. The predicted octanol–water partition coefficient (Wildman–Crippen LogP) is 4.36. The molecule has 2 rings (SSSR count). The Morgan fingerprint density at radius 3 is 2.40 bits per heavy atom. The molecule has 1 aliphatic carbocycles. The van der Waals surface area contributed by atoms with Gasteiger partial charge in [-0.05, 0) is 37.2 Å². The lowest BCUT2D eigenvalue weighted by atomic mass is 9.77. The topological polar surface area (TPSA) is 0 Å². The Morgan fingerprint density at radius 2 is 1.73 bits per heavy atom. The zero-order chi connectivity index (χ0) is 10.7. The fraction of sp³-hybridized carbons (Fsp3) is 0.600. The molecule has 0 heteroatoms. The first-order chi connectivity index (χ1) is 7.25. The molecule has 1 fully saturated rings. The van der Waals surface area contributed by atoms with Crippen molar-refractivity contribution in [3.05, 3.63) is 35.4 Å². The Labute approximate surface area is 93.7 Å². The van der Waals surface area contributed by atoms with E-state index in [4.69, 9.17) is 0 Å². The lowest BCUT2D eigenvalue weighted by Crippen LogP contribution is -2.18. The van der Waals surface area contributed by atoms with Crippen molar-refractivity contribution >= 4 is 0 Å². The predicted molar refractivity (Wildman–Crippen MR) is 66.0 cm³/mol. The molecule has 0 amide bonds. The van der Waals surface area contributed by atoms with Gasteiger partial charge in [0, 0.05) is 0 Å². The van der Waals surface area contributed by atoms with Gasteiger partial charge in [-0.1, -0.05) is 56.0 Å². The maximum atomic E-state index is 2.43. The van der Waals surface area contributed by atoms with Gasteiger partial charge < -0.3 is 0 Å². The van der Waals surface area contributed by atoms with E-state index in [0.29, 0.717) is 0 Å². The van der Waals surface area contributed by atoms with Crippen LogP contribution in [0.3, 0.4) is 0 Å². The van der Waals surface area contributed by atoms with Crippen LogP contribution < -0.4 is 0 Å². The Morgan fingerprint density at radius 1 is 1.07 bits per heavy atom. The van der Waals surface area contributed by atoms with Crippen LogP contribution in [0.4, 0.5) is 0 Å². The molecule has 0 saturated heterocycles. The third-order valence-corrected chi connectivity index (χ3v) is 3.91. The summed E-state index contributed by atoms with van der Waals surface area (Å²) in [6.07, 6.45) is 7.07. The van der Waals surface area contributed by atoms with Gasteiger partial charge in [0.15, 0.2) is 0 Å². The largest absolute Gasteiger partial charge is 0.0622 e. The van der Waals surface area contributed by atoms with Crippen LogP contribution in [-0.2, 0) is 6.42 Å². The minimum atomic E-state index is 0.931. The smallest absolute Gasteiger partial charge is 0.0248 e. The molecule has 0 heterocycles. The molecule has 0 aliphatic heterocycles. The molecular weight excluding hydrogens is 180 g/mol. The summed E-state index contributed by atoms with van der Waals surface area (Å²) in [4.78, 5) is 0. The Balaban J connectivity index is 1.98. The lowest BCUT2D eigenvalue weighted by Gasteiger charge is -2.28. The fourth-order valence-electron chi connectivity index (χ4n) is 2.72. The molecule has 0 radical (unpaired) electrons. The monoisotopic (exact) mass is 202 g/mol. The highest BCUT2D eigenvalue weighted by Gasteiger charge is 2.21. The molecule has 0 bridgehead atoms. The summed E-state index contributed by atoms with van der Waals surface area (Å²) >= 11 is 0. The van der Waals surface area contributed by atoms with E-state index in [1.165, 1.54) is 43.2 Å². The van der Waals surface area contributed by atoms with Crippen LogP contribution in [-0.4, -0.2) is 0 Å². The van der Waals surface area contributed by atoms with E-state index in [1.54, 1.807) is 0 Å². The van der Waals surface area contributed by atoms with Gasteiger partial charge in [-0.15, -0.1) is 0 Å². The molecule has 82 valence electrons. The molecule has 2 atom stereocenters. The van der Waals surface area contributed by atoms with E-state index in [9.17, 15) is 0 Å². The number of hydrogen-bond acceptors (Lipinski definition) is 0. The summed E-state index contributed by atoms with van der Waals surface area (Å²) in [5.41, 5.74) is 2.90. The lowest BCUT2D eigenvalue weighted by molar-refractivity contribution is 0.255. The highest BCUT2D eigenvalue weighted by Crippen LogP contribution is 2.31. The first-order valence-corrected chi connectivity index (χ1v) is 6.31. The van der Waals surface area contributed by atoms with Gasteiger partial charge in [0.25, 0.3) is 0 Å². The minimum Gasteiger partial charge on any atom is -0.0622 e. The Kier molecular flexibility index (Phi) is 3.45. The molecular formula is C15H22. The van der Waals surface area contributed by atoms with E-state index in [1.807, 2.05) is 0 Å². The van der Waals surface area contributed by atoms with Crippen LogP contribution in [0.5, 0.6) is 0 Å². The van der Waals surface area contributed by atoms with Crippen molar-refractivity contribution in [1.82, 2.24) is 0 Å². The third-order valence-electron chi connectivity index (χ3n) is 3.91. The van der Waals surface area contributed by atoms with Crippen LogP contribution >= 0.6 is 0 Å². The number of aryl methyl sites for hydroxylation is 1. The van der Waals surface area contributed by atoms with Crippen LogP contribution in [0.2, 0.25) is 0 Å². The minimum absolute atomic E-state index is 0.931. The zero-order valence-corrected chi connectivity index (χ0v) is 10.00. The van der Waals surface area contributed by atoms with Crippen LogP contribution in [0.25, 0.3) is 0 Å². The second kappa shape index (κ2) is 4.83. The summed E-state index contributed by atoms with van der Waals surface area (Å²) in [6.45, 7) is 4.59. The molecule has 0 spiro atoms. The standard InChI is InChI=1S/C15H22/c1-12-7-9-14(10-8-12)11-15-6-4-3-5-13(15)2/h7-10,13,15H,3-6,11H2,1-2H3. The Hall–Kier alpha value is -0.780. The molecule has 1 aliphatic rings. The van der Waals surface area contributed by atoms with E-state index in [0.717, 1.165) is 11.8 Å².